The third kappa shape index (κ3) is 4.20. The second-order valence-electron chi connectivity index (χ2n) is 6.10. The minimum Gasteiger partial charge on any atom is -0.335 e. The summed E-state index contributed by atoms with van der Waals surface area (Å²) < 4.78 is 0. The summed E-state index contributed by atoms with van der Waals surface area (Å²) in [6.07, 6.45) is 4.14. The van der Waals surface area contributed by atoms with Crippen LogP contribution in [0.25, 0.3) is 0 Å². The lowest BCUT2D eigenvalue weighted by Gasteiger charge is -2.29. The standard InChI is InChI=1S/C17H21ClN6O2/c1-2-10-23(15-4-3-9-19-15)16-14(24(25)26)11-20-17(22-16)21-13-7-5-12(18)6-8-13/h5-8,11,15,19H,2-4,9-10H2,1H3,(H,20,21,22). The van der Waals surface area contributed by atoms with Crippen LogP contribution in [-0.2, 0) is 0 Å². The minimum atomic E-state index is -0.432. The molecule has 1 aliphatic heterocycles. The highest BCUT2D eigenvalue weighted by atomic mass is 35.5. The predicted octanol–water partition coefficient (Wildman–Crippen LogP) is 3.71. The van der Waals surface area contributed by atoms with Gasteiger partial charge in [-0.25, -0.2) is 4.98 Å². The summed E-state index contributed by atoms with van der Waals surface area (Å²) in [6, 6.07) is 7.11. The zero-order valence-corrected chi connectivity index (χ0v) is 15.2. The van der Waals surface area contributed by atoms with E-state index in [9.17, 15) is 10.1 Å². The van der Waals surface area contributed by atoms with Gasteiger partial charge in [-0.2, -0.15) is 4.98 Å². The molecule has 2 N–H and O–H groups in total. The Kier molecular flexibility index (Phi) is 5.85. The molecule has 9 heteroatoms. The molecule has 26 heavy (non-hydrogen) atoms. The van der Waals surface area contributed by atoms with Crippen molar-refractivity contribution in [1.82, 2.24) is 15.3 Å². The number of hydrogen-bond donors (Lipinski definition) is 2. The Hall–Kier alpha value is -2.45. The number of nitrogens with one attached hydrogen (secondary N) is 2. The molecule has 1 atom stereocenters. The van der Waals surface area contributed by atoms with Crippen molar-refractivity contribution < 1.29 is 4.92 Å². The fourth-order valence-corrected chi connectivity index (χ4v) is 3.14. The number of halogens is 1. The van der Waals surface area contributed by atoms with Crippen LogP contribution in [0.3, 0.4) is 0 Å². The first kappa shape index (κ1) is 18.3. The van der Waals surface area contributed by atoms with Crippen molar-refractivity contribution in [3.8, 4) is 0 Å². The molecule has 1 aromatic carbocycles. The average Bonchev–Trinajstić information content (AvgIpc) is 3.16. The summed E-state index contributed by atoms with van der Waals surface area (Å²) in [5.74, 6) is 0.648. The molecule has 1 saturated heterocycles. The van der Waals surface area contributed by atoms with Gasteiger partial charge in [0.25, 0.3) is 0 Å². The lowest BCUT2D eigenvalue weighted by atomic mass is 10.2. The molecule has 138 valence electrons. The molecule has 0 saturated carbocycles. The fourth-order valence-electron chi connectivity index (χ4n) is 3.01. The quantitative estimate of drug-likeness (QED) is 0.561. The van der Waals surface area contributed by atoms with Gasteiger partial charge in [-0.3, -0.25) is 15.4 Å². The van der Waals surface area contributed by atoms with Gasteiger partial charge in [0.15, 0.2) is 0 Å². The molecule has 1 aromatic heterocycles. The SMILES string of the molecule is CCCN(c1nc(Nc2ccc(Cl)cc2)ncc1[N+](=O)[O-])C1CCCN1. The number of nitrogens with zero attached hydrogens (tertiary/aromatic N) is 4. The maximum atomic E-state index is 11.5. The maximum absolute atomic E-state index is 11.5. The van der Waals surface area contributed by atoms with Crippen molar-refractivity contribution in [2.24, 2.45) is 0 Å². The maximum Gasteiger partial charge on any atom is 0.329 e. The van der Waals surface area contributed by atoms with E-state index in [-0.39, 0.29) is 11.9 Å². The molecule has 0 aliphatic carbocycles. The van der Waals surface area contributed by atoms with Gasteiger partial charge >= 0.3 is 5.69 Å². The van der Waals surface area contributed by atoms with Crippen LogP contribution < -0.4 is 15.5 Å². The third-order valence-corrected chi connectivity index (χ3v) is 4.45. The summed E-state index contributed by atoms with van der Waals surface area (Å²) in [4.78, 5) is 21.6. The topological polar surface area (TPSA) is 96.2 Å². The first-order valence-corrected chi connectivity index (χ1v) is 9.00. The van der Waals surface area contributed by atoms with E-state index in [0.717, 1.165) is 31.5 Å². The van der Waals surface area contributed by atoms with Gasteiger partial charge in [0.2, 0.25) is 11.8 Å². The van der Waals surface area contributed by atoms with E-state index in [1.165, 1.54) is 6.20 Å². The first-order chi connectivity index (χ1) is 12.6. The van der Waals surface area contributed by atoms with Crippen molar-refractivity contribution in [3.63, 3.8) is 0 Å². The minimum absolute atomic E-state index is 0.0481. The van der Waals surface area contributed by atoms with E-state index >= 15 is 0 Å². The fraction of sp³-hybridized carbons (Fsp3) is 0.412. The number of aromatic nitrogens is 2. The van der Waals surface area contributed by atoms with Gasteiger partial charge in [-0.1, -0.05) is 18.5 Å². The molecule has 8 nitrogen and oxygen atoms in total. The summed E-state index contributed by atoms with van der Waals surface area (Å²) in [5.41, 5.74) is 0.670. The highest BCUT2D eigenvalue weighted by Gasteiger charge is 2.29. The van der Waals surface area contributed by atoms with Crippen molar-refractivity contribution >= 4 is 34.7 Å². The monoisotopic (exact) mass is 376 g/mol. The third-order valence-electron chi connectivity index (χ3n) is 4.19. The van der Waals surface area contributed by atoms with Crippen LogP contribution in [0, 0.1) is 10.1 Å². The molecule has 2 heterocycles. The molecule has 0 amide bonds. The smallest absolute Gasteiger partial charge is 0.329 e. The second kappa shape index (κ2) is 8.29. The summed E-state index contributed by atoms with van der Waals surface area (Å²) in [5, 5.41) is 18.6. The predicted molar refractivity (Wildman–Crippen MR) is 102 cm³/mol. The molecule has 0 spiro atoms. The summed E-state index contributed by atoms with van der Waals surface area (Å²) in [6.45, 7) is 3.62. The van der Waals surface area contributed by atoms with E-state index in [0.29, 0.717) is 23.3 Å². The molecule has 2 aromatic rings. The number of benzene rings is 1. The molecule has 0 bridgehead atoms. The second-order valence-corrected chi connectivity index (χ2v) is 6.53. The lowest BCUT2D eigenvalue weighted by molar-refractivity contribution is -0.384. The molecular weight excluding hydrogens is 356 g/mol. The number of nitro groups is 1. The van der Waals surface area contributed by atoms with Crippen LogP contribution in [0.5, 0.6) is 0 Å². The molecule has 1 aliphatic rings. The van der Waals surface area contributed by atoms with Gasteiger partial charge in [-0.05, 0) is 50.1 Å². The van der Waals surface area contributed by atoms with Gasteiger partial charge in [0.1, 0.15) is 6.20 Å². The molecular formula is C17H21ClN6O2. The number of rotatable bonds is 7. The average molecular weight is 377 g/mol. The Morgan fingerprint density at radius 3 is 2.81 bits per heavy atom. The van der Waals surface area contributed by atoms with Crippen LogP contribution in [0.2, 0.25) is 5.02 Å². The van der Waals surface area contributed by atoms with Gasteiger partial charge in [0.05, 0.1) is 11.1 Å². The Bertz CT molecular complexity index is 764. The Morgan fingerprint density at radius 2 is 2.19 bits per heavy atom. The van der Waals surface area contributed by atoms with Gasteiger partial charge in [-0.15, -0.1) is 0 Å². The van der Waals surface area contributed by atoms with Crippen LogP contribution in [0.4, 0.5) is 23.1 Å². The van der Waals surface area contributed by atoms with E-state index < -0.39 is 4.92 Å². The van der Waals surface area contributed by atoms with Crippen LogP contribution in [0.15, 0.2) is 30.5 Å². The van der Waals surface area contributed by atoms with Crippen LogP contribution >= 0.6 is 11.6 Å². The first-order valence-electron chi connectivity index (χ1n) is 8.62. The Balaban J connectivity index is 1.94. The highest BCUT2D eigenvalue weighted by Crippen LogP contribution is 2.30. The van der Waals surface area contributed by atoms with E-state index in [1.807, 2.05) is 11.8 Å². The molecule has 1 unspecified atom stereocenters. The highest BCUT2D eigenvalue weighted by molar-refractivity contribution is 6.30. The van der Waals surface area contributed by atoms with Crippen molar-refractivity contribution in [2.75, 3.05) is 23.3 Å². The largest absolute Gasteiger partial charge is 0.335 e. The van der Waals surface area contributed by atoms with Gasteiger partial charge in [0, 0.05) is 17.3 Å². The van der Waals surface area contributed by atoms with Gasteiger partial charge < -0.3 is 10.2 Å². The molecule has 3 rings (SSSR count). The summed E-state index contributed by atoms with van der Waals surface area (Å²) in [7, 11) is 0. The Labute approximate surface area is 156 Å². The zero-order chi connectivity index (χ0) is 18.5. The van der Waals surface area contributed by atoms with Crippen molar-refractivity contribution in [1.29, 1.82) is 0 Å². The van der Waals surface area contributed by atoms with Crippen LogP contribution in [-0.4, -0.2) is 34.1 Å². The zero-order valence-electron chi connectivity index (χ0n) is 14.5. The van der Waals surface area contributed by atoms with Crippen LogP contribution in [0.1, 0.15) is 26.2 Å². The van der Waals surface area contributed by atoms with E-state index in [2.05, 4.69) is 20.6 Å². The normalized spacial score (nSPS) is 16.5. The van der Waals surface area contributed by atoms with E-state index in [4.69, 9.17) is 11.6 Å². The number of hydrogen-bond acceptors (Lipinski definition) is 7. The lowest BCUT2D eigenvalue weighted by Crippen LogP contribution is -2.43. The number of anilines is 3. The Morgan fingerprint density at radius 1 is 1.42 bits per heavy atom. The van der Waals surface area contributed by atoms with Crippen molar-refractivity contribution in [3.05, 3.63) is 45.6 Å². The summed E-state index contributed by atoms with van der Waals surface area (Å²) >= 11 is 5.90. The van der Waals surface area contributed by atoms with E-state index in [1.54, 1.807) is 24.3 Å². The van der Waals surface area contributed by atoms with Crippen molar-refractivity contribution in [2.45, 2.75) is 32.4 Å². The molecule has 0 radical (unpaired) electrons. The molecule has 1 fully saturated rings.